The van der Waals surface area contributed by atoms with E-state index in [-0.39, 0.29) is 19.3 Å². The third kappa shape index (κ3) is 5.53. The number of hydrogen-bond donors (Lipinski definition) is 2. The number of aliphatic carboxylic acids is 1. The largest absolute Gasteiger partial charge is 0.479 e. The second kappa shape index (κ2) is 6.21. The zero-order valence-corrected chi connectivity index (χ0v) is 12.2. The van der Waals surface area contributed by atoms with Crippen molar-refractivity contribution in [2.45, 2.75) is 64.5 Å². The predicted molar refractivity (Wildman–Crippen MR) is 67.6 cm³/mol. The smallest absolute Gasteiger partial charge is 0.408 e. The molecule has 0 radical (unpaired) electrons. The Labute approximate surface area is 120 Å². The molecule has 21 heavy (non-hydrogen) atoms. The van der Waals surface area contributed by atoms with Crippen LogP contribution in [0, 0.1) is 5.41 Å². The van der Waals surface area contributed by atoms with Crippen molar-refractivity contribution in [3.8, 4) is 0 Å². The summed E-state index contributed by atoms with van der Waals surface area (Å²) in [6.07, 6.45) is -6.89. The van der Waals surface area contributed by atoms with E-state index in [1.54, 1.807) is 20.8 Å². The maximum atomic E-state index is 13.0. The highest BCUT2D eigenvalue weighted by molar-refractivity contribution is 5.82. The fourth-order valence-corrected chi connectivity index (χ4v) is 2.14. The van der Waals surface area contributed by atoms with Gasteiger partial charge >= 0.3 is 12.1 Å². The average Bonchev–Trinajstić information content (AvgIpc) is 2.74. The molecular weight excluding hydrogens is 291 g/mol. The Balaban J connectivity index is 2.67. The summed E-state index contributed by atoms with van der Waals surface area (Å²) in [6.45, 7) is 4.93. The second-order valence-electron chi connectivity index (χ2n) is 6.40. The highest BCUT2D eigenvalue weighted by Crippen LogP contribution is 2.31. The molecule has 5 nitrogen and oxygen atoms in total. The number of carbonyl (C=O) groups is 2. The lowest BCUT2D eigenvalue weighted by Gasteiger charge is -2.29. The number of alkyl halides is 3. The minimum atomic E-state index is -4.56. The molecule has 0 aromatic rings. The van der Waals surface area contributed by atoms with E-state index in [1.165, 1.54) is 0 Å². The van der Waals surface area contributed by atoms with Gasteiger partial charge in [0.1, 0.15) is 12.1 Å². The zero-order chi connectivity index (χ0) is 16.4. The van der Waals surface area contributed by atoms with Gasteiger partial charge in [-0.1, -0.05) is 20.8 Å². The summed E-state index contributed by atoms with van der Waals surface area (Å²) < 4.78 is 43.8. The van der Waals surface area contributed by atoms with Gasteiger partial charge in [-0.3, -0.25) is 4.79 Å². The van der Waals surface area contributed by atoms with Crippen LogP contribution < -0.4 is 5.32 Å². The summed E-state index contributed by atoms with van der Waals surface area (Å²) in [5.74, 6) is -2.13. The first-order chi connectivity index (χ1) is 9.40. The van der Waals surface area contributed by atoms with Gasteiger partial charge in [0, 0.05) is 0 Å². The molecule has 8 heteroatoms. The number of nitrogens with one attached hydrogen (secondary N) is 1. The van der Waals surface area contributed by atoms with Gasteiger partial charge in [0.15, 0.2) is 6.10 Å². The van der Waals surface area contributed by atoms with Crippen LogP contribution in [0.2, 0.25) is 0 Å². The zero-order valence-electron chi connectivity index (χ0n) is 12.2. The van der Waals surface area contributed by atoms with Crippen molar-refractivity contribution in [2.24, 2.45) is 5.41 Å². The van der Waals surface area contributed by atoms with Gasteiger partial charge in [0.25, 0.3) is 0 Å². The van der Waals surface area contributed by atoms with Crippen molar-refractivity contribution in [3.05, 3.63) is 0 Å². The van der Waals surface area contributed by atoms with Gasteiger partial charge in [-0.05, 0) is 24.7 Å². The number of carboxylic acids is 1. The van der Waals surface area contributed by atoms with E-state index in [4.69, 9.17) is 9.84 Å². The molecule has 2 N–H and O–H groups in total. The molecule has 1 aliphatic heterocycles. The van der Waals surface area contributed by atoms with E-state index >= 15 is 0 Å². The molecule has 0 spiro atoms. The first-order valence-corrected chi connectivity index (χ1v) is 6.65. The first kappa shape index (κ1) is 17.7. The third-order valence-corrected chi connectivity index (χ3v) is 3.12. The van der Waals surface area contributed by atoms with Gasteiger partial charge in [-0.2, -0.15) is 13.2 Å². The first-order valence-electron chi connectivity index (χ1n) is 6.65. The van der Waals surface area contributed by atoms with Crippen molar-refractivity contribution >= 4 is 11.9 Å². The van der Waals surface area contributed by atoms with Crippen molar-refractivity contribution < 1.29 is 32.6 Å². The van der Waals surface area contributed by atoms with E-state index in [0.717, 1.165) is 0 Å². The monoisotopic (exact) mass is 311 g/mol. The molecule has 1 aliphatic rings. The maximum absolute atomic E-state index is 13.0. The van der Waals surface area contributed by atoms with Crippen LogP contribution in [-0.4, -0.2) is 41.4 Å². The molecule has 1 heterocycles. The van der Waals surface area contributed by atoms with Crippen LogP contribution >= 0.6 is 0 Å². The van der Waals surface area contributed by atoms with Crippen molar-refractivity contribution in [3.63, 3.8) is 0 Å². The quantitative estimate of drug-likeness (QED) is 0.834. The number of carbonyl (C=O) groups excluding carboxylic acids is 1. The van der Waals surface area contributed by atoms with E-state index in [0.29, 0.717) is 0 Å². The summed E-state index contributed by atoms with van der Waals surface area (Å²) in [6, 6.07) is -1.97. The predicted octanol–water partition coefficient (Wildman–Crippen LogP) is 2.10. The van der Waals surface area contributed by atoms with Gasteiger partial charge < -0.3 is 15.2 Å². The van der Waals surface area contributed by atoms with Crippen molar-refractivity contribution in [2.75, 3.05) is 0 Å². The molecule has 1 fully saturated rings. The minimum absolute atomic E-state index is 0.100. The number of carboxylic acid groups (broad SMARTS) is 1. The maximum Gasteiger partial charge on any atom is 0.408 e. The van der Waals surface area contributed by atoms with Crippen molar-refractivity contribution in [1.82, 2.24) is 5.32 Å². The van der Waals surface area contributed by atoms with E-state index in [9.17, 15) is 22.8 Å². The molecule has 0 saturated carbocycles. The van der Waals surface area contributed by atoms with Gasteiger partial charge in [-0.25, -0.2) is 4.79 Å². The Morgan fingerprint density at radius 1 is 1.24 bits per heavy atom. The Bertz CT molecular complexity index is 403. The normalized spacial score (nSPS) is 24.7. The topological polar surface area (TPSA) is 75.6 Å². The van der Waals surface area contributed by atoms with Gasteiger partial charge in [0.2, 0.25) is 5.91 Å². The Hall–Kier alpha value is -1.31. The number of hydrogen-bond acceptors (Lipinski definition) is 3. The average molecular weight is 311 g/mol. The molecule has 122 valence electrons. The Morgan fingerprint density at radius 2 is 1.76 bits per heavy atom. The molecule has 0 aromatic carbocycles. The van der Waals surface area contributed by atoms with Gasteiger partial charge in [0.05, 0.1) is 0 Å². The summed E-state index contributed by atoms with van der Waals surface area (Å²) in [4.78, 5) is 22.5. The summed E-state index contributed by atoms with van der Waals surface area (Å²) in [5, 5.41) is 10.7. The third-order valence-electron chi connectivity index (χ3n) is 3.12. The highest BCUT2D eigenvalue weighted by Gasteiger charge is 2.44. The molecule has 3 atom stereocenters. The standard InChI is InChI=1S/C13H20F3NO4/c1-12(2,3)6-9(13(14,15)16)17-10(18)7-4-5-8(21-7)11(19)20/h7-9H,4-6H2,1-3H3,(H,17,18)(H,19,20)/t7-,8+,9?/m0/s1. The van der Waals surface area contributed by atoms with Crippen LogP contribution in [0.25, 0.3) is 0 Å². The lowest BCUT2D eigenvalue weighted by molar-refractivity contribution is -0.171. The number of rotatable bonds is 4. The van der Waals surface area contributed by atoms with E-state index < -0.39 is 41.7 Å². The van der Waals surface area contributed by atoms with Crippen LogP contribution in [-0.2, 0) is 14.3 Å². The molecule has 0 aliphatic carbocycles. The Morgan fingerprint density at radius 3 is 2.14 bits per heavy atom. The molecule has 1 unspecified atom stereocenters. The molecule has 1 saturated heterocycles. The van der Waals surface area contributed by atoms with E-state index in [2.05, 4.69) is 0 Å². The molecular formula is C13H20F3NO4. The summed E-state index contributed by atoms with van der Waals surface area (Å²) in [5.41, 5.74) is -0.617. The second-order valence-corrected chi connectivity index (χ2v) is 6.40. The van der Waals surface area contributed by atoms with Gasteiger partial charge in [-0.15, -0.1) is 0 Å². The van der Waals surface area contributed by atoms with Crippen molar-refractivity contribution in [1.29, 1.82) is 0 Å². The van der Waals surface area contributed by atoms with Crippen LogP contribution in [0.15, 0.2) is 0 Å². The van der Waals surface area contributed by atoms with E-state index in [1.807, 2.05) is 5.32 Å². The number of ether oxygens (including phenoxy) is 1. The highest BCUT2D eigenvalue weighted by atomic mass is 19.4. The summed E-state index contributed by atoms with van der Waals surface area (Å²) >= 11 is 0. The van der Waals surface area contributed by atoms with Crippen LogP contribution in [0.5, 0.6) is 0 Å². The fourth-order valence-electron chi connectivity index (χ4n) is 2.14. The molecule has 0 aromatic heterocycles. The SMILES string of the molecule is CC(C)(C)CC(NC(=O)[C@@H]1CC[C@H](C(=O)O)O1)C(F)(F)F. The molecule has 0 bridgehead atoms. The lowest BCUT2D eigenvalue weighted by atomic mass is 9.87. The van der Waals surface area contributed by atoms with Crippen LogP contribution in [0.4, 0.5) is 13.2 Å². The number of halogens is 3. The van der Waals surface area contributed by atoms with Crippen LogP contribution in [0.3, 0.4) is 0 Å². The minimum Gasteiger partial charge on any atom is -0.479 e. The Kier molecular flexibility index (Phi) is 5.25. The molecule has 1 amide bonds. The lowest BCUT2D eigenvalue weighted by Crippen LogP contribution is -2.50. The fraction of sp³-hybridized carbons (Fsp3) is 0.846. The summed E-state index contributed by atoms with van der Waals surface area (Å²) in [7, 11) is 0. The van der Waals surface area contributed by atoms with Crippen LogP contribution in [0.1, 0.15) is 40.0 Å². The molecule has 1 rings (SSSR count). The number of amides is 1.